The molecule has 1 aliphatic rings. The van der Waals surface area contributed by atoms with Crippen LogP contribution in [0.25, 0.3) is 22.4 Å². The molecule has 2 aromatic carbocycles. The van der Waals surface area contributed by atoms with Gasteiger partial charge in [0.2, 0.25) is 0 Å². The molecule has 0 saturated heterocycles. The lowest BCUT2D eigenvalue weighted by atomic mass is 10.00. The minimum absolute atomic E-state index is 1.04. The summed E-state index contributed by atoms with van der Waals surface area (Å²) in [4.78, 5) is 0. The van der Waals surface area contributed by atoms with Crippen molar-refractivity contribution in [2.75, 3.05) is 11.9 Å². The topological polar surface area (TPSA) is 29.9 Å². The third-order valence-corrected chi connectivity index (χ3v) is 4.56. The highest BCUT2D eigenvalue weighted by molar-refractivity contribution is 5.73. The zero-order chi connectivity index (χ0) is 15.6. The molecule has 116 valence electrons. The predicted molar refractivity (Wildman–Crippen MR) is 95.5 cm³/mol. The Bertz CT molecular complexity index is 801. The number of hydrogen-bond acceptors (Lipinski definition) is 2. The fourth-order valence-corrected chi connectivity index (χ4v) is 3.34. The van der Waals surface area contributed by atoms with Crippen LogP contribution in [0.15, 0.2) is 54.6 Å². The van der Waals surface area contributed by atoms with E-state index in [1.54, 1.807) is 0 Å². The Kier molecular flexibility index (Phi) is 3.62. The molecule has 1 aromatic heterocycles. The van der Waals surface area contributed by atoms with Gasteiger partial charge >= 0.3 is 0 Å². The molecule has 0 aliphatic carbocycles. The van der Waals surface area contributed by atoms with Crippen LogP contribution in [0.4, 0.5) is 5.82 Å². The maximum Gasteiger partial charge on any atom is 0.127 e. The van der Waals surface area contributed by atoms with Crippen molar-refractivity contribution >= 4 is 5.82 Å². The van der Waals surface area contributed by atoms with Gasteiger partial charge in [0.1, 0.15) is 5.82 Å². The summed E-state index contributed by atoms with van der Waals surface area (Å²) >= 11 is 0. The van der Waals surface area contributed by atoms with Crippen molar-refractivity contribution in [1.82, 2.24) is 9.78 Å². The molecule has 0 radical (unpaired) electrons. The second kappa shape index (κ2) is 5.92. The second-order valence-electron chi connectivity index (χ2n) is 6.13. The largest absolute Gasteiger partial charge is 0.370 e. The first-order valence-corrected chi connectivity index (χ1v) is 8.28. The van der Waals surface area contributed by atoms with Crippen molar-refractivity contribution in [2.45, 2.75) is 19.3 Å². The minimum Gasteiger partial charge on any atom is -0.370 e. The maximum atomic E-state index is 4.76. The standard InChI is InChI=1S/C20H21N3/c1-23-20-18(9-5-6-14-21-20)19(22-23)17-12-10-16(11-13-17)15-7-3-2-4-8-15/h2-4,7-8,10-13,21H,5-6,9,14H2,1H3. The van der Waals surface area contributed by atoms with Gasteiger partial charge in [-0.1, -0.05) is 54.6 Å². The summed E-state index contributed by atoms with van der Waals surface area (Å²) in [7, 11) is 2.03. The highest BCUT2D eigenvalue weighted by atomic mass is 15.3. The molecule has 4 rings (SSSR count). The summed E-state index contributed by atoms with van der Waals surface area (Å²) in [5, 5.41) is 8.28. The van der Waals surface area contributed by atoms with Crippen LogP contribution in [0.3, 0.4) is 0 Å². The number of fused-ring (bicyclic) bond motifs is 1. The van der Waals surface area contributed by atoms with Crippen LogP contribution in [0.1, 0.15) is 18.4 Å². The lowest BCUT2D eigenvalue weighted by Gasteiger charge is -2.05. The lowest BCUT2D eigenvalue weighted by molar-refractivity contribution is 0.757. The van der Waals surface area contributed by atoms with Gasteiger partial charge in [0.15, 0.2) is 0 Å². The van der Waals surface area contributed by atoms with E-state index in [0.29, 0.717) is 0 Å². The SMILES string of the molecule is Cn1nc(-c2ccc(-c3ccccc3)cc2)c2c1NCCCC2. The van der Waals surface area contributed by atoms with Gasteiger partial charge in [-0.25, -0.2) is 0 Å². The summed E-state index contributed by atoms with van der Waals surface area (Å²) in [6.45, 7) is 1.04. The van der Waals surface area contributed by atoms with Crippen molar-refractivity contribution in [2.24, 2.45) is 7.05 Å². The van der Waals surface area contributed by atoms with Crippen LogP contribution >= 0.6 is 0 Å². The molecular weight excluding hydrogens is 282 g/mol. The third-order valence-electron chi connectivity index (χ3n) is 4.56. The summed E-state index contributed by atoms with van der Waals surface area (Å²) in [6, 6.07) is 19.3. The molecule has 1 aliphatic heterocycles. The van der Waals surface area contributed by atoms with Gasteiger partial charge in [0.25, 0.3) is 0 Å². The highest BCUT2D eigenvalue weighted by Crippen LogP contribution is 2.32. The van der Waals surface area contributed by atoms with Crippen molar-refractivity contribution in [3.63, 3.8) is 0 Å². The van der Waals surface area contributed by atoms with Gasteiger partial charge in [0, 0.05) is 24.7 Å². The molecule has 23 heavy (non-hydrogen) atoms. The Morgan fingerprint density at radius 2 is 1.57 bits per heavy atom. The highest BCUT2D eigenvalue weighted by Gasteiger charge is 2.19. The normalized spacial score (nSPS) is 14.0. The van der Waals surface area contributed by atoms with Gasteiger partial charge in [-0.2, -0.15) is 5.10 Å². The number of aromatic nitrogens is 2. The quantitative estimate of drug-likeness (QED) is 0.755. The van der Waals surface area contributed by atoms with Gasteiger partial charge in [-0.3, -0.25) is 4.68 Å². The molecule has 0 saturated carbocycles. The second-order valence-corrected chi connectivity index (χ2v) is 6.13. The van der Waals surface area contributed by atoms with Crippen LogP contribution in [-0.4, -0.2) is 16.3 Å². The molecular formula is C20H21N3. The summed E-state index contributed by atoms with van der Waals surface area (Å²) in [5.74, 6) is 1.18. The number of hydrogen-bond donors (Lipinski definition) is 1. The van der Waals surface area contributed by atoms with Gasteiger partial charge in [-0.05, 0) is 30.4 Å². The fraction of sp³-hybridized carbons (Fsp3) is 0.250. The van der Waals surface area contributed by atoms with Crippen LogP contribution in [0.2, 0.25) is 0 Å². The molecule has 2 heterocycles. The van der Waals surface area contributed by atoms with E-state index in [9.17, 15) is 0 Å². The lowest BCUT2D eigenvalue weighted by Crippen LogP contribution is -2.04. The first-order chi connectivity index (χ1) is 11.3. The Labute approximate surface area is 137 Å². The first-order valence-electron chi connectivity index (χ1n) is 8.28. The Balaban J connectivity index is 1.72. The third kappa shape index (κ3) is 2.63. The molecule has 3 nitrogen and oxygen atoms in total. The molecule has 0 atom stereocenters. The molecule has 1 N–H and O–H groups in total. The van der Waals surface area contributed by atoms with E-state index in [2.05, 4.69) is 53.8 Å². The molecule has 0 spiro atoms. The maximum absolute atomic E-state index is 4.76. The first kappa shape index (κ1) is 14.1. The minimum atomic E-state index is 1.04. The van der Waals surface area contributed by atoms with Crippen molar-refractivity contribution in [3.8, 4) is 22.4 Å². The van der Waals surface area contributed by atoms with E-state index in [1.807, 2.05) is 17.8 Å². The van der Waals surface area contributed by atoms with E-state index in [0.717, 1.165) is 18.7 Å². The number of aryl methyl sites for hydroxylation is 1. The van der Waals surface area contributed by atoms with Crippen LogP contribution in [-0.2, 0) is 13.5 Å². The number of benzene rings is 2. The van der Waals surface area contributed by atoms with Crippen LogP contribution in [0.5, 0.6) is 0 Å². The number of anilines is 1. The molecule has 3 heteroatoms. The predicted octanol–water partition coefficient (Wildman–Crippen LogP) is 4.50. The molecule has 0 fully saturated rings. The molecule has 0 bridgehead atoms. The summed E-state index contributed by atoms with van der Waals surface area (Å²) < 4.78 is 1.99. The molecule has 0 unspecified atom stereocenters. The number of rotatable bonds is 2. The molecule has 0 amide bonds. The van der Waals surface area contributed by atoms with Crippen molar-refractivity contribution in [3.05, 3.63) is 60.2 Å². The van der Waals surface area contributed by atoms with E-state index in [-0.39, 0.29) is 0 Å². The van der Waals surface area contributed by atoms with E-state index < -0.39 is 0 Å². The zero-order valence-corrected chi connectivity index (χ0v) is 13.4. The average Bonchev–Trinajstić information content (AvgIpc) is 2.78. The summed E-state index contributed by atoms with van der Waals surface area (Å²) in [5.41, 5.74) is 6.18. The Morgan fingerprint density at radius 3 is 2.35 bits per heavy atom. The molecule has 3 aromatic rings. The van der Waals surface area contributed by atoms with E-state index >= 15 is 0 Å². The smallest absolute Gasteiger partial charge is 0.127 e. The van der Waals surface area contributed by atoms with Crippen molar-refractivity contribution in [1.29, 1.82) is 0 Å². The number of nitrogens with one attached hydrogen (secondary N) is 1. The van der Waals surface area contributed by atoms with Crippen LogP contribution < -0.4 is 5.32 Å². The Morgan fingerprint density at radius 1 is 0.870 bits per heavy atom. The van der Waals surface area contributed by atoms with Crippen molar-refractivity contribution < 1.29 is 0 Å². The average molecular weight is 303 g/mol. The van der Waals surface area contributed by atoms with Gasteiger partial charge < -0.3 is 5.32 Å². The summed E-state index contributed by atoms with van der Waals surface area (Å²) in [6.07, 6.45) is 3.55. The van der Waals surface area contributed by atoms with Gasteiger partial charge in [0.05, 0.1) is 5.69 Å². The monoisotopic (exact) mass is 303 g/mol. The van der Waals surface area contributed by atoms with Crippen LogP contribution in [0, 0.1) is 0 Å². The van der Waals surface area contributed by atoms with E-state index in [4.69, 9.17) is 5.10 Å². The fourth-order valence-electron chi connectivity index (χ4n) is 3.34. The Hall–Kier alpha value is -2.55. The number of nitrogens with zero attached hydrogens (tertiary/aromatic N) is 2. The van der Waals surface area contributed by atoms with E-state index in [1.165, 1.54) is 40.9 Å². The zero-order valence-electron chi connectivity index (χ0n) is 13.4. The van der Waals surface area contributed by atoms with Gasteiger partial charge in [-0.15, -0.1) is 0 Å².